The molecule has 0 aliphatic heterocycles. The molecule has 0 aromatic heterocycles. The third-order valence-electron chi connectivity index (χ3n) is 2.17. The van der Waals surface area contributed by atoms with Crippen molar-refractivity contribution in [2.45, 2.75) is 13.8 Å². The van der Waals surface area contributed by atoms with Gasteiger partial charge in [-0.2, -0.15) is 0 Å². The summed E-state index contributed by atoms with van der Waals surface area (Å²) in [6, 6.07) is 0. The summed E-state index contributed by atoms with van der Waals surface area (Å²) < 4.78 is 75.1. The van der Waals surface area contributed by atoms with Gasteiger partial charge in [0.2, 0.25) is 0 Å². The van der Waals surface area contributed by atoms with Crippen molar-refractivity contribution in [1.82, 2.24) is 0 Å². The van der Waals surface area contributed by atoms with Gasteiger partial charge in [-0.05, 0) is 0 Å². The van der Waals surface area contributed by atoms with Crippen LogP contribution in [0.3, 0.4) is 0 Å². The fourth-order valence-electron chi connectivity index (χ4n) is 1.42. The fraction of sp³-hybridized carbons (Fsp3) is 0.400. The van der Waals surface area contributed by atoms with Gasteiger partial charge in [-0.15, -0.1) is 0 Å². The van der Waals surface area contributed by atoms with Crippen LogP contribution in [0.5, 0.6) is 0 Å². The Hall–Kier alpha value is -0.377. The zero-order valence-electron chi connectivity index (χ0n) is 10.00. The number of benzene rings is 1. The first-order chi connectivity index (χ1) is 8.80. The average molecular weight is 365 g/mol. The molecule has 19 heavy (non-hydrogen) atoms. The number of rotatable bonds is 5. The Balaban J connectivity index is 3.55. The number of halogens is 6. The van der Waals surface area contributed by atoms with E-state index in [2.05, 4.69) is 0 Å². The van der Waals surface area contributed by atoms with Crippen LogP contribution in [0.2, 0.25) is 0 Å². The predicted molar refractivity (Wildman–Crippen MR) is 60.7 cm³/mol. The van der Waals surface area contributed by atoms with Gasteiger partial charge in [-0.25, -0.2) is 0 Å². The molecule has 0 amide bonds. The van der Waals surface area contributed by atoms with E-state index in [0.29, 0.717) is 0 Å². The van der Waals surface area contributed by atoms with E-state index >= 15 is 0 Å². The number of hydrogen-bond acceptors (Lipinski definition) is 2. The Morgan fingerprint density at radius 1 is 0.789 bits per heavy atom. The Morgan fingerprint density at radius 2 is 1.11 bits per heavy atom. The Morgan fingerprint density at radius 3 is 1.42 bits per heavy atom. The molecule has 1 rings (SSSR count). The molecule has 0 heterocycles. The predicted octanol–water partition coefficient (Wildman–Crippen LogP) is 2.84. The number of hydrogen-bond donors (Lipinski definition) is 0. The van der Waals surface area contributed by atoms with Crippen LogP contribution in [-0.4, -0.2) is 26.2 Å². The third-order valence-corrected chi connectivity index (χ3v) is 9.23. The van der Waals surface area contributed by atoms with Crippen LogP contribution in [0.25, 0.3) is 0 Å². The van der Waals surface area contributed by atoms with Crippen LogP contribution in [-0.2, 0) is 7.53 Å². The minimum absolute atomic E-state index is 0.0804. The average Bonchev–Trinajstić information content (AvgIpc) is 2.34. The molecule has 0 aliphatic rings. The van der Waals surface area contributed by atoms with Gasteiger partial charge in [0, 0.05) is 0 Å². The van der Waals surface area contributed by atoms with Crippen molar-refractivity contribution in [3.05, 3.63) is 29.1 Å². The van der Waals surface area contributed by atoms with Crippen molar-refractivity contribution in [2.75, 3.05) is 13.2 Å². The van der Waals surface area contributed by atoms with E-state index in [1.54, 1.807) is 0 Å². The molecule has 0 fully saturated rings. The van der Waals surface area contributed by atoms with Gasteiger partial charge >= 0.3 is 113 Å². The third kappa shape index (κ3) is 3.04. The van der Waals surface area contributed by atoms with Crippen LogP contribution in [0.4, 0.5) is 22.0 Å². The van der Waals surface area contributed by atoms with Gasteiger partial charge in [-0.3, -0.25) is 0 Å². The molecule has 0 aliphatic carbocycles. The second-order valence-corrected chi connectivity index (χ2v) is 10.4. The summed E-state index contributed by atoms with van der Waals surface area (Å²) in [5.74, 6) is -10.4. The Kier molecular flexibility index (Phi) is 5.60. The molecule has 0 spiro atoms. The van der Waals surface area contributed by atoms with Crippen LogP contribution in [0.1, 0.15) is 13.8 Å². The molecular weight excluding hydrogens is 355 g/mol. The summed E-state index contributed by atoms with van der Waals surface area (Å²) in [4.78, 5) is 0. The summed E-state index contributed by atoms with van der Waals surface area (Å²) in [6.45, 7) is 2.77. The van der Waals surface area contributed by atoms with Crippen LogP contribution in [0.15, 0.2) is 0 Å². The van der Waals surface area contributed by atoms with Crippen molar-refractivity contribution in [3.8, 4) is 0 Å². The molecule has 2 nitrogen and oxygen atoms in total. The summed E-state index contributed by atoms with van der Waals surface area (Å²) in [5, 5.41) is 0. The van der Waals surface area contributed by atoms with Crippen LogP contribution in [0, 0.1) is 29.1 Å². The first-order valence-electron chi connectivity index (χ1n) is 5.28. The Labute approximate surface area is 113 Å². The first kappa shape index (κ1) is 16.7. The molecule has 1 aromatic rings. The summed E-state index contributed by atoms with van der Waals surface area (Å²) >= 11 is -4.80. The van der Waals surface area contributed by atoms with E-state index in [9.17, 15) is 22.0 Å². The Bertz CT molecular complexity index is 450. The second kappa shape index (κ2) is 6.38. The molecule has 0 N–H and O–H groups in total. The zero-order chi connectivity index (χ0) is 14.8. The van der Waals surface area contributed by atoms with Gasteiger partial charge in [0.1, 0.15) is 0 Å². The molecule has 0 saturated heterocycles. The molecule has 9 heteroatoms. The van der Waals surface area contributed by atoms with E-state index in [1.807, 2.05) is 0 Å². The fourth-order valence-corrected chi connectivity index (χ4v) is 7.32. The first-order valence-corrected chi connectivity index (χ1v) is 10.8. The van der Waals surface area contributed by atoms with E-state index in [4.69, 9.17) is 17.5 Å². The topological polar surface area (TPSA) is 18.5 Å². The van der Waals surface area contributed by atoms with Gasteiger partial charge in [0.15, 0.2) is 0 Å². The monoisotopic (exact) mass is 366 g/mol. The molecule has 0 saturated carbocycles. The van der Waals surface area contributed by atoms with E-state index < -0.39 is 46.5 Å². The SMILES string of the molecule is CC[O][Ge]([Cl])([O]CC)[c]1c(F)c(F)c(F)c(F)c1F. The van der Waals surface area contributed by atoms with Gasteiger partial charge in [0.25, 0.3) is 0 Å². The molecule has 0 atom stereocenters. The summed E-state index contributed by atoms with van der Waals surface area (Å²) in [6.07, 6.45) is 0. The van der Waals surface area contributed by atoms with Crippen molar-refractivity contribution in [3.63, 3.8) is 0 Å². The van der Waals surface area contributed by atoms with E-state index in [-0.39, 0.29) is 13.2 Å². The van der Waals surface area contributed by atoms with Gasteiger partial charge in [-0.1, -0.05) is 0 Å². The van der Waals surface area contributed by atoms with E-state index in [0.717, 1.165) is 0 Å². The van der Waals surface area contributed by atoms with Crippen LogP contribution < -0.4 is 4.40 Å². The van der Waals surface area contributed by atoms with Gasteiger partial charge in [0.05, 0.1) is 0 Å². The molecule has 108 valence electrons. The molecule has 0 bridgehead atoms. The normalized spacial score (nSPS) is 12.0. The molecule has 0 radical (unpaired) electrons. The summed E-state index contributed by atoms with van der Waals surface area (Å²) in [5.41, 5.74) is 0. The van der Waals surface area contributed by atoms with Crippen molar-refractivity contribution in [1.29, 1.82) is 0 Å². The second-order valence-electron chi connectivity index (χ2n) is 3.35. The minimum atomic E-state index is -4.80. The maximum absolute atomic E-state index is 13.6. The standard InChI is InChI=1S/C10H10ClF5GeO2/c1-3-18-17(11,19-4-2)10-8(15)6(13)5(12)7(14)9(10)16/h3-4H2,1-2H3. The summed E-state index contributed by atoms with van der Waals surface area (Å²) in [7, 11) is 5.88. The zero-order valence-corrected chi connectivity index (χ0v) is 12.9. The molecular formula is C10H10ClF5GeO2. The quantitative estimate of drug-likeness (QED) is 0.346. The van der Waals surface area contributed by atoms with Crippen molar-refractivity contribution in [2.24, 2.45) is 0 Å². The van der Waals surface area contributed by atoms with Crippen LogP contribution >= 0.6 is 10.0 Å². The maximum atomic E-state index is 13.6. The van der Waals surface area contributed by atoms with E-state index in [1.165, 1.54) is 13.8 Å². The molecule has 1 aromatic carbocycles. The van der Waals surface area contributed by atoms with Gasteiger partial charge < -0.3 is 0 Å². The molecule has 0 unspecified atom stereocenters. The van der Waals surface area contributed by atoms with Crippen molar-refractivity contribution < 1.29 is 29.5 Å². The van der Waals surface area contributed by atoms with Crippen molar-refractivity contribution >= 4 is 27.4 Å².